The number of halogens is 12. The van der Waals surface area contributed by atoms with Crippen LogP contribution in [-0.4, -0.2) is 25.4 Å². The summed E-state index contributed by atoms with van der Waals surface area (Å²) in [4.78, 5) is 0. The quantitative estimate of drug-likeness (QED) is 0.527. The van der Waals surface area contributed by atoms with Gasteiger partial charge in [0.05, 0.1) is 5.56 Å². The first-order chi connectivity index (χ1) is 13.8. The zero-order chi connectivity index (χ0) is 24.0. The highest BCUT2D eigenvalue weighted by Crippen LogP contribution is 2.55. The lowest BCUT2D eigenvalue weighted by Crippen LogP contribution is -2.27. The molecule has 0 heterocycles. The molecule has 2 rings (SSSR count). The molecule has 1 saturated carbocycles. The Hall–Kier alpha value is -2.46. The molecule has 5 nitrogen and oxygen atoms in total. The highest BCUT2D eigenvalue weighted by Gasteiger charge is 2.46. The van der Waals surface area contributed by atoms with Gasteiger partial charge in [0, 0.05) is 12.1 Å². The van der Waals surface area contributed by atoms with Crippen LogP contribution in [0.25, 0.3) is 0 Å². The lowest BCUT2D eigenvalue weighted by Gasteiger charge is -2.26. The van der Waals surface area contributed by atoms with Crippen LogP contribution in [0, 0.1) is 5.92 Å². The van der Waals surface area contributed by atoms with Crippen LogP contribution in [0.2, 0.25) is 0 Å². The summed E-state index contributed by atoms with van der Waals surface area (Å²) in [6.45, 7) is 0. The van der Waals surface area contributed by atoms with Gasteiger partial charge in [0.25, 0.3) is 0 Å². The SMILES string of the molecule is NC(c1c(OC(F)(F)F)cc(OC(F)(F)F)c(OC(F)(F)F)c1OC(F)(F)F)C1CC1. The predicted molar refractivity (Wildman–Crippen MR) is 72.8 cm³/mol. The molecule has 1 atom stereocenters. The number of hydrogen-bond acceptors (Lipinski definition) is 5. The van der Waals surface area contributed by atoms with Gasteiger partial charge >= 0.3 is 25.4 Å². The molecule has 1 aliphatic carbocycles. The smallest absolute Gasteiger partial charge is 0.405 e. The maximum absolute atomic E-state index is 12.8. The fourth-order valence-electron chi connectivity index (χ4n) is 2.45. The van der Waals surface area contributed by atoms with Gasteiger partial charge in [0.2, 0.25) is 5.75 Å². The van der Waals surface area contributed by atoms with Gasteiger partial charge in [-0.1, -0.05) is 0 Å². The van der Waals surface area contributed by atoms with Crippen LogP contribution in [0.4, 0.5) is 52.7 Å². The van der Waals surface area contributed by atoms with Crippen LogP contribution in [0.5, 0.6) is 23.0 Å². The zero-order valence-electron chi connectivity index (χ0n) is 14.4. The Morgan fingerprint density at radius 2 is 1.03 bits per heavy atom. The van der Waals surface area contributed by atoms with Crippen molar-refractivity contribution in [2.24, 2.45) is 11.7 Å². The second-order valence-electron chi connectivity index (χ2n) is 6.00. The van der Waals surface area contributed by atoms with Crippen LogP contribution in [-0.2, 0) is 0 Å². The summed E-state index contributed by atoms with van der Waals surface area (Å²) in [7, 11) is 0. The number of hydrogen-bond donors (Lipinski definition) is 1. The minimum Gasteiger partial charge on any atom is -0.405 e. The summed E-state index contributed by atoms with van der Waals surface area (Å²) in [5, 5.41) is 0. The molecule has 1 unspecified atom stereocenters. The predicted octanol–water partition coefficient (Wildman–Crippen LogP) is 5.69. The molecule has 0 saturated heterocycles. The van der Waals surface area contributed by atoms with E-state index < -0.39 is 66.0 Å². The van der Waals surface area contributed by atoms with Crippen molar-refractivity contribution in [3.05, 3.63) is 11.6 Å². The van der Waals surface area contributed by atoms with Gasteiger partial charge < -0.3 is 24.7 Å². The molecule has 1 fully saturated rings. The molecule has 0 amide bonds. The molecular weight excluding hydrogens is 474 g/mol. The monoisotopic (exact) mass is 483 g/mol. The molecule has 0 aliphatic heterocycles. The lowest BCUT2D eigenvalue weighted by molar-refractivity contribution is -0.294. The summed E-state index contributed by atoms with van der Waals surface area (Å²) >= 11 is 0. The largest absolute Gasteiger partial charge is 0.573 e. The van der Waals surface area contributed by atoms with E-state index in [0.29, 0.717) is 0 Å². The Morgan fingerprint density at radius 3 is 1.42 bits per heavy atom. The molecule has 17 heteroatoms. The maximum atomic E-state index is 12.8. The molecule has 178 valence electrons. The Kier molecular flexibility index (Phi) is 6.32. The van der Waals surface area contributed by atoms with E-state index in [1.807, 2.05) is 0 Å². The molecule has 31 heavy (non-hydrogen) atoms. The standard InChI is InChI=1S/C14H9F12NO4/c15-11(16,17)28-5-3-6(29-12(18,19)20)9(30-13(21,22)23)10(31-14(24,25)26)7(5)8(27)4-1-2-4/h3-4,8H,1-2,27H2. The molecule has 0 aromatic heterocycles. The third-order valence-electron chi connectivity index (χ3n) is 3.55. The summed E-state index contributed by atoms with van der Waals surface area (Å²) in [5.74, 6) is -9.41. The van der Waals surface area contributed by atoms with Gasteiger partial charge in [-0.3, -0.25) is 0 Å². The van der Waals surface area contributed by atoms with Gasteiger partial charge in [-0.2, -0.15) is 0 Å². The number of benzene rings is 1. The van der Waals surface area contributed by atoms with E-state index in [0.717, 1.165) is 0 Å². The van der Waals surface area contributed by atoms with Crippen molar-refractivity contribution in [3.63, 3.8) is 0 Å². The van der Waals surface area contributed by atoms with Crippen molar-refractivity contribution in [2.75, 3.05) is 0 Å². The Morgan fingerprint density at radius 1 is 0.645 bits per heavy atom. The van der Waals surface area contributed by atoms with Gasteiger partial charge in [-0.05, 0) is 18.8 Å². The van der Waals surface area contributed by atoms with Crippen molar-refractivity contribution < 1.29 is 71.6 Å². The van der Waals surface area contributed by atoms with Crippen LogP contribution >= 0.6 is 0 Å². The van der Waals surface area contributed by atoms with Crippen LogP contribution in [0.3, 0.4) is 0 Å². The number of ether oxygens (including phenoxy) is 4. The summed E-state index contributed by atoms with van der Waals surface area (Å²) in [5.41, 5.74) is 4.12. The second kappa shape index (κ2) is 7.90. The number of rotatable bonds is 6. The summed E-state index contributed by atoms with van der Waals surface area (Å²) in [6.07, 6.45) is -23.0. The third kappa shape index (κ3) is 7.62. The lowest BCUT2D eigenvalue weighted by atomic mass is 9.99. The van der Waals surface area contributed by atoms with Crippen molar-refractivity contribution in [3.8, 4) is 23.0 Å². The van der Waals surface area contributed by atoms with E-state index in [1.165, 1.54) is 0 Å². The fraction of sp³-hybridized carbons (Fsp3) is 0.571. The average molecular weight is 483 g/mol. The van der Waals surface area contributed by atoms with Gasteiger partial charge in [0.1, 0.15) is 5.75 Å². The minimum atomic E-state index is -5.90. The molecule has 2 N–H and O–H groups in total. The number of nitrogens with two attached hydrogens (primary N) is 1. The summed E-state index contributed by atoms with van der Waals surface area (Å²) in [6, 6.07) is -2.21. The van der Waals surface area contributed by atoms with Gasteiger partial charge in [-0.25, -0.2) is 0 Å². The first kappa shape index (κ1) is 24.8. The highest BCUT2D eigenvalue weighted by atomic mass is 19.4. The fourth-order valence-corrected chi connectivity index (χ4v) is 2.45. The Bertz CT molecular complexity index is 795. The van der Waals surface area contributed by atoms with E-state index >= 15 is 0 Å². The molecule has 0 spiro atoms. The average Bonchev–Trinajstić information content (AvgIpc) is 3.29. The molecular formula is C14H9F12NO4. The van der Waals surface area contributed by atoms with Crippen LogP contribution in [0.15, 0.2) is 6.07 Å². The van der Waals surface area contributed by atoms with Crippen molar-refractivity contribution in [1.82, 2.24) is 0 Å². The second-order valence-corrected chi connectivity index (χ2v) is 6.00. The van der Waals surface area contributed by atoms with E-state index in [9.17, 15) is 52.7 Å². The van der Waals surface area contributed by atoms with E-state index in [4.69, 9.17) is 5.73 Å². The Labute approximate surface area is 163 Å². The highest BCUT2D eigenvalue weighted by molar-refractivity contribution is 5.63. The topological polar surface area (TPSA) is 62.9 Å². The maximum Gasteiger partial charge on any atom is 0.573 e. The summed E-state index contributed by atoms with van der Waals surface area (Å²) < 4.78 is 166. The first-order valence-electron chi connectivity index (χ1n) is 7.75. The van der Waals surface area contributed by atoms with Crippen molar-refractivity contribution in [1.29, 1.82) is 0 Å². The molecule has 1 aromatic carbocycles. The van der Waals surface area contributed by atoms with Gasteiger partial charge in [0.15, 0.2) is 11.5 Å². The van der Waals surface area contributed by atoms with Crippen molar-refractivity contribution >= 4 is 0 Å². The van der Waals surface area contributed by atoms with Crippen molar-refractivity contribution in [2.45, 2.75) is 44.3 Å². The molecule has 1 aromatic rings. The zero-order valence-corrected chi connectivity index (χ0v) is 14.4. The normalized spacial score (nSPS) is 16.7. The first-order valence-corrected chi connectivity index (χ1v) is 7.75. The van der Waals surface area contributed by atoms with Crippen LogP contribution < -0.4 is 24.7 Å². The Balaban J connectivity index is 2.86. The van der Waals surface area contributed by atoms with E-state index in [-0.39, 0.29) is 18.9 Å². The van der Waals surface area contributed by atoms with Gasteiger partial charge in [-0.15, -0.1) is 52.7 Å². The molecule has 0 radical (unpaired) electrons. The van der Waals surface area contributed by atoms with Crippen LogP contribution in [0.1, 0.15) is 24.4 Å². The van der Waals surface area contributed by atoms with E-state index in [2.05, 4.69) is 18.9 Å². The minimum absolute atomic E-state index is 0.147. The molecule has 1 aliphatic rings. The molecule has 0 bridgehead atoms. The third-order valence-corrected chi connectivity index (χ3v) is 3.55. The number of alkyl halides is 12. The van der Waals surface area contributed by atoms with E-state index in [1.54, 1.807) is 0 Å².